The van der Waals surface area contributed by atoms with Crippen LogP contribution in [0.25, 0.3) is 16.9 Å². The van der Waals surface area contributed by atoms with Gasteiger partial charge < -0.3 is 5.32 Å². The molecule has 1 saturated heterocycles. The van der Waals surface area contributed by atoms with E-state index in [2.05, 4.69) is 43.6 Å². The average Bonchev–Trinajstić information content (AvgIpc) is 2.99. The third-order valence-corrected chi connectivity index (χ3v) is 4.58. The second kappa shape index (κ2) is 5.78. The summed E-state index contributed by atoms with van der Waals surface area (Å²) in [5.74, 6) is 0.911. The lowest BCUT2D eigenvalue weighted by molar-refractivity contribution is 0.392. The Morgan fingerprint density at radius 3 is 2.68 bits per heavy atom. The van der Waals surface area contributed by atoms with Crippen LogP contribution in [0.4, 0.5) is 0 Å². The molecule has 1 atom stereocenters. The number of nitrogens with zero attached hydrogens (tertiary/aromatic N) is 4. The predicted molar refractivity (Wildman–Crippen MR) is 88.5 cm³/mol. The molecule has 1 fully saturated rings. The number of fused-ring (bicyclic) bond motifs is 1. The van der Waals surface area contributed by atoms with E-state index in [-0.39, 0.29) is 6.04 Å². The molecule has 1 aliphatic heterocycles. The lowest BCUT2D eigenvalue weighted by Gasteiger charge is -2.21. The van der Waals surface area contributed by atoms with Crippen molar-refractivity contribution in [2.45, 2.75) is 25.3 Å². The average molecular weight is 358 g/mol. The van der Waals surface area contributed by atoms with E-state index in [0.717, 1.165) is 40.2 Å². The summed E-state index contributed by atoms with van der Waals surface area (Å²) in [7, 11) is 0. The summed E-state index contributed by atoms with van der Waals surface area (Å²) in [5.41, 5.74) is 2.81. The molecule has 0 aliphatic carbocycles. The number of hydrogen-bond acceptors (Lipinski definition) is 4. The van der Waals surface area contributed by atoms with Crippen LogP contribution in [0, 0.1) is 0 Å². The van der Waals surface area contributed by atoms with E-state index in [4.69, 9.17) is 5.10 Å². The highest BCUT2D eigenvalue weighted by Crippen LogP contribution is 2.24. The Morgan fingerprint density at radius 2 is 1.91 bits per heavy atom. The minimum atomic E-state index is 0.247. The van der Waals surface area contributed by atoms with E-state index in [1.165, 1.54) is 12.8 Å². The normalized spacial score (nSPS) is 18.7. The van der Waals surface area contributed by atoms with E-state index in [0.29, 0.717) is 0 Å². The first kappa shape index (κ1) is 13.8. The van der Waals surface area contributed by atoms with Gasteiger partial charge in [-0.1, -0.05) is 34.5 Å². The number of nitrogens with one attached hydrogen (secondary N) is 1. The summed E-state index contributed by atoms with van der Waals surface area (Å²) in [5, 5.41) is 16.9. The molecular weight excluding hydrogens is 342 g/mol. The van der Waals surface area contributed by atoms with Crippen molar-refractivity contribution in [3.8, 4) is 11.3 Å². The largest absolute Gasteiger partial charge is 0.307 e. The lowest BCUT2D eigenvalue weighted by Crippen LogP contribution is -2.28. The zero-order chi connectivity index (χ0) is 14.9. The number of hydrogen-bond donors (Lipinski definition) is 1. The van der Waals surface area contributed by atoms with Crippen LogP contribution in [-0.4, -0.2) is 26.4 Å². The molecule has 3 aromatic rings. The number of benzene rings is 1. The zero-order valence-corrected chi connectivity index (χ0v) is 13.6. The Labute approximate surface area is 136 Å². The Morgan fingerprint density at radius 1 is 1.05 bits per heavy atom. The molecule has 0 radical (unpaired) electrons. The maximum atomic E-state index is 4.75. The number of rotatable bonds is 2. The smallest absolute Gasteiger partial charge is 0.178 e. The minimum absolute atomic E-state index is 0.247. The molecule has 22 heavy (non-hydrogen) atoms. The van der Waals surface area contributed by atoms with Crippen molar-refractivity contribution < 1.29 is 0 Å². The van der Waals surface area contributed by atoms with Crippen molar-refractivity contribution in [2.24, 2.45) is 0 Å². The summed E-state index contributed by atoms with van der Waals surface area (Å²) < 4.78 is 2.94. The molecule has 112 valence electrons. The molecule has 0 amide bonds. The van der Waals surface area contributed by atoms with Crippen LogP contribution in [0.1, 0.15) is 31.1 Å². The van der Waals surface area contributed by atoms with E-state index in [9.17, 15) is 0 Å². The van der Waals surface area contributed by atoms with Crippen LogP contribution in [0.5, 0.6) is 0 Å². The van der Waals surface area contributed by atoms with Gasteiger partial charge in [-0.3, -0.25) is 0 Å². The van der Waals surface area contributed by atoms with Crippen LogP contribution >= 0.6 is 15.9 Å². The summed E-state index contributed by atoms with van der Waals surface area (Å²) in [4.78, 5) is 0. The third kappa shape index (κ3) is 2.53. The van der Waals surface area contributed by atoms with Crippen molar-refractivity contribution >= 4 is 21.6 Å². The third-order valence-electron chi connectivity index (χ3n) is 4.05. The van der Waals surface area contributed by atoms with Gasteiger partial charge in [-0.2, -0.15) is 9.61 Å². The van der Waals surface area contributed by atoms with Crippen LogP contribution < -0.4 is 5.32 Å². The molecule has 0 bridgehead atoms. The highest BCUT2D eigenvalue weighted by Gasteiger charge is 2.21. The highest BCUT2D eigenvalue weighted by molar-refractivity contribution is 9.10. The molecular formula is C16H16BrN5. The number of piperidine rings is 1. The molecule has 0 unspecified atom stereocenters. The van der Waals surface area contributed by atoms with Crippen LogP contribution in [0.2, 0.25) is 0 Å². The summed E-state index contributed by atoms with van der Waals surface area (Å²) in [6.45, 7) is 1.03. The fraction of sp³-hybridized carbons (Fsp3) is 0.312. The number of halogens is 1. The highest BCUT2D eigenvalue weighted by atomic mass is 79.9. The second-order valence-corrected chi connectivity index (χ2v) is 6.47. The van der Waals surface area contributed by atoms with Gasteiger partial charge in [0.05, 0.1) is 11.7 Å². The first-order valence-electron chi connectivity index (χ1n) is 7.53. The molecule has 6 heteroatoms. The fourth-order valence-corrected chi connectivity index (χ4v) is 3.13. The molecule has 0 spiro atoms. The number of aromatic nitrogens is 4. The van der Waals surface area contributed by atoms with Gasteiger partial charge in [-0.15, -0.1) is 10.2 Å². The van der Waals surface area contributed by atoms with E-state index in [1.807, 2.05) is 28.8 Å². The van der Waals surface area contributed by atoms with Gasteiger partial charge in [-0.25, -0.2) is 0 Å². The lowest BCUT2D eigenvalue weighted by atomic mass is 10.0. The van der Waals surface area contributed by atoms with Crippen molar-refractivity contribution in [3.63, 3.8) is 0 Å². The first-order chi connectivity index (χ1) is 10.8. The maximum Gasteiger partial charge on any atom is 0.178 e. The molecule has 1 aromatic carbocycles. The Balaban J connectivity index is 1.77. The topological polar surface area (TPSA) is 55.1 Å². The molecule has 5 nitrogen and oxygen atoms in total. The summed E-state index contributed by atoms with van der Waals surface area (Å²) in [6, 6.07) is 12.4. The minimum Gasteiger partial charge on any atom is -0.307 e. The van der Waals surface area contributed by atoms with Crippen molar-refractivity contribution in [1.29, 1.82) is 0 Å². The maximum absolute atomic E-state index is 4.75. The van der Waals surface area contributed by atoms with Gasteiger partial charge in [0.1, 0.15) is 0 Å². The van der Waals surface area contributed by atoms with Crippen LogP contribution in [0.3, 0.4) is 0 Å². The summed E-state index contributed by atoms with van der Waals surface area (Å²) in [6.07, 6.45) is 3.54. The molecule has 4 rings (SSSR count). The Hall–Kier alpha value is -1.79. The molecule has 0 saturated carbocycles. The second-order valence-electron chi connectivity index (χ2n) is 5.56. The quantitative estimate of drug-likeness (QED) is 0.763. The fourth-order valence-electron chi connectivity index (χ4n) is 2.87. The van der Waals surface area contributed by atoms with Crippen LogP contribution in [-0.2, 0) is 0 Å². The van der Waals surface area contributed by atoms with Gasteiger partial charge in [0.2, 0.25) is 0 Å². The van der Waals surface area contributed by atoms with Crippen LogP contribution in [0.15, 0.2) is 40.9 Å². The molecule has 2 aromatic heterocycles. The van der Waals surface area contributed by atoms with Gasteiger partial charge in [0.15, 0.2) is 11.5 Å². The molecule has 3 heterocycles. The van der Waals surface area contributed by atoms with Gasteiger partial charge >= 0.3 is 0 Å². The van der Waals surface area contributed by atoms with Crippen molar-refractivity contribution in [1.82, 2.24) is 25.1 Å². The van der Waals surface area contributed by atoms with Gasteiger partial charge in [0, 0.05) is 10.0 Å². The van der Waals surface area contributed by atoms with Gasteiger partial charge in [-0.05, 0) is 43.7 Å². The first-order valence-corrected chi connectivity index (χ1v) is 8.32. The van der Waals surface area contributed by atoms with Crippen molar-refractivity contribution in [2.75, 3.05) is 6.54 Å². The summed E-state index contributed by atoms with van der Waals surface area (Å²) >= 11 is 3.46. The van der Waals surface area contributed by atoms with Crippen molar-refractivity contribution in [3.05, 3.63) is 46.7 Å². The van der Waals surface area contributed by atoms with E-state index < -0.39 is 0 Å². The molecule has 1 N–H and O–H groups in total. The predicted octanol–water partition coefficient (Wildman–Crippen LogP) is 3.37. The monoisotopic (exact) mass is 357 g/mol. The standard InChI is InChI=1S/C16H16BrN5/c17-12-6-4-11(5-7-12)13-8-9-15-19-20-16(22(15)21-13)14-3-1-2-10-18-14/h4-9,14,18H,1-3,10H2/t14-/m0/s1. The Bertz CT molecular complexity index is 790. The molecule has 1 aliphatic rings. The Kier molecular flexibility index (Phi) is 3.63. The van der Waals surface area contributed by atoms with Gasteiger partial charge in [0.25, 0.3) is 0 Å². The van der Waals surface area contributed by atoms with E-state index >= 15 is 0 Å². The zero-order valence-electron chi connectivity index (χ0n) is 12.0. The SMILES string of the molecule is Brc1ccc(-c2ccc3nnc([C@@H]4CCCCN4)n3n2)cc1. The van der Waals surface area contributed by atoms with E-state index in [1.54, 1.807) is 0 Å².